The molecule has 248 valence electrons. The fraction of sp³-hybridized carbons (Fsp3) is 0.610. The first-order valence-corrected chi connectivity index (χ1v) is 17.8. The van der Waals surface area contributed by atoms with E-state index in [1.807, 2.05) is 62.4 Å². The van der Waals surface area contributed by atoms with Gasteiger partial charge in [-0.25, -0.2) is 9.59 Å². The van der Waals surface area contributed by atoms with Crippen LogP contribution in [0.3, 0.4) is 0 Å². The summed E-state index contributed by atoms with van der Waals surface area (Å²) >= 11 is 0. The van der Waals surface area contributed by atoms with Crippen LogP contribution in [0.15, 0.2) is 72.3 Å². The fourth-order valence-electron chi connectivity index (χ4n) is 10.5. The summed E-state index contributed by atoms with van der Waals surface area (Å²) < 4.78 is 11.9. The first kappa shape index (κ1) is 33.0. The van der Waals surface area contributed by atoms with Crippen LogP contribution in [0.1, 0.15) is 120 Å². The van der Waals surface area contributed by atoms with Crippen molar-refractivity contribution >= 4 is 11.9 Å². The number of fused-ring (bicyclic) bond motifs is 5. The SMILES string of the molecule is C[C@H](CCCC(C)(C)OC(=O)c1ccccc1)[C@H]1CC[C@H]2[C@@H]3[C@@H](O)C=C4C[C@@H](OC(=O)c5ccccc5)CC[C@]4(C)[C@H]3CC[C@]12C. The summed E-state index contributed by atoms with van der Waals surface area (Å²) in [5, 5.41) is 11.7. The molecule has 5 heteroatoms. The van der Waals surface area contributed by atoms with Gasteiger partial charge in [0.05, 0.1) is 17.2 Å². The van der Waals surface area contributed by atoms with Crippen LogP contribution >= 0.6 is 0 Å². The third-order valence-corrected chi connectivity index (χ3v) is 12.9. The number of rotatable bonds is 9. The molecule has 0 heterocycles. The van der Waals surface area contributed by atoms with Gasteiger partial charge in [0.1, 0.15) is 11.7 Å². The third kappa shape index (κ3) is 6.33. The second-order valence-corrected chi connectivity index (χ2v) is 16.1. The van der Waals surface area contributed by atoms with Crippen LogP contribution in [0, 0.1) is 40.4 Å². The smallest absolute Gasteiger partial charge is 0.338 e. The zero-order chi connectivity index (χ0) is 32.7. The molecular formula is C41H54O5. The fourth-order valence-corrected chi connectivity index (χ4v) is 10.5. The summed E-state index contributed by atoms with van der Waals surface area (Å²) in [5.41, 5.74) is 2.30. The van der Waals surface area contributed by atoms with Crippen molar-refractivity contribution in [2.45, 2.75) is 117 Å². The van der Waals surface area contributed by atoms with Gasteiger partial charge in [-0.2, -0.15) is 0 Å². The maximum atomic E-state index is 12.8. The van der Waals surface area contributed by atoms with Crippen molar-refractivity contribution in [2.24, 2.45) is 40.4 Å². The molecular weight excluding hydrogens is 572 g/mol. The number of carbonyl (C=O) groups is 2. The van der Waals surface area contributed by atoms with E-state index in [-0.39, 0.29) is 28.9 Å². The average Bonchev–Trinajstić information content (AvgIpc) is 3.39. The largest absolute Gasteiger partial charge is 0.458 e. The highest BCUT2D eigenvalue weighted by molar-refractivity contribution is 5.90. The highest BCUT2D eigenvalue weighted by Gasteiger charge is 2.61. The predicted octanol–water partition coefficient (Wildman–Crippen LogP) is 9.20. The van der Waals surface area contributed by atoms with Gasteiger partial charge in [-0.05, 0) is 130 Å². The molecule has 1 N–H and O–H groups in total. The Kier molecular flexibility index (Phi) is 9.28. The molecule has 4 aliphatic rings. The lowest BCUT2D eigenvalue weighted by Crippen LogP contribution is -2.55. The molecule has 3 fully saturated rings. The molecule has 9 atom stereocenters. The Hall–Kier alpha value is -2.92. The van der Waals surface area contributed by atoms with Gasteiger partial charge < -0.3 is 14.6 Å². The molecule has 46 heavy (non-hydrogen) atoms. The van der Waals surface area contributed by atoms with Gasteiger partial charge in [0, 0.05) is 6.42 Å². The summed E-state index contributed by atoms with van der Waals surface area (Å²) in [6.07, 6.45) is 12.0. The van der Waals surface area contributed by atoms with Gasteiger partial charge in [-0.15, -0.1) is 0 Å². The first-order valence-electron chi connectivity index (χ1n) is 17.8. The molecule has 0 aromatic heterocycles. The van der Waals surface area contributed by atoms with Gasteiger partial charge in [0.25, 0.3) is 0 Å². The lowest BCUT2D eigenvalue weighted by Gasteiger charge is -2.59. The third-order valence-electron chi connectivity index (χ3n) is 12.9. The van der Waals surface area contributed by atoms with E-state index >= 15 is 0 Å². The van der Waals surface area contributed by atoms with Gasteiger partial charge in [-0.3, -0.25) is 0 Å². The molecule has 2 aromatic carbocycles. The molecule has 0 spiro atoms. The quantitative estimate of drug-likeness (QED) is 0.222. The van der Waals surface area contributed by atoms with E-state index in [9.17, 15) is 14.7 Å². The van der Waals surface area contributed by atoms with Crippen molar-refractivity contribution in [3.8, 4) is 0 Å². The van der Waals surface area contributed by atoms with E-state index in [0.717, 1.165) is 44.9 Å². The normalized spacial score (nSPS) is 34.3. The van der Waals surface area contributed by atoms with E-state index in [0.29, 0.717) is 40.7 Å². The standard InChI is InChI=1S/C41H54O5/c1-27(13-12-22-39(2,3)46-38(44)29-16-10-7-11-17-29)32-18-19-33-36-34(21-24-41(32,33)5)40(4)23-20-31(25-30(40)26-35(36)42)45-37(43)28-14-8-6-9-15-28/h6-11,14-17,26-27,31-36,42H,12-13,18-25H2,1-5H3/t27-,31+,32-,33+,34+,35+,36+,40+,41-/m1/s1. The Morgan fingerprint density at radius 3 is 2.22 bits per heavy atom. The number of hydrogen-bond donors (Lipinski definition) is 1. The maximum absolute atomic E-state index is 12.8. The minimum Gasteiger partial charge on any atom is -0.458 e. The van der Waals surface area contributed by atoms with E-state index in [2.05, 4.69) is 26.8 Å². The summed E-state index contributed by atoms with van der Waals surface area (Å²) in [5.74, 6) is 2.03. The topological polar surface area (TPSA) is 72.8 Å². The van der Waals surface area contributed by atoms with Gasteiger partial charge in [-0.1, -0.05) is 75.2 Å². The van der Waals surface area contributed by atoms with Crippen LogP contribution in [0.4, 0.5) is 0 Å². The van der Waals surface area contributed by atoms with Crippen LogP contribution in [-0.4, -0.2) is 34.9 Å². The van der Waals surface area contributed by atoms with Gasteiger partial charge in [0.2, 0.25) is 0 Å². The van der Waals surface area contributed by atoms with Gasteiger partial charge in [0.15, 0.2) is 0 Å². The van der Waals surface area contributed by atoms with Crippen LogP contribution in [0.25, 0.3) is 0 Å². The number of aliphatic hydroxyl groups excluding tert-OH is 1. The Morgan fingerprint density at radius 1 is 0.891 bits per heavy atom. The molecule has 4 aliphatic carbocycles. The summed E-state index contributed by atoms with van der Waals surface area (Å²) in [4.78, 5) is 25.5. The molecule has 5 nitrogen and oxygen atoms in total. The predicted molar refractivity (Wildman–Crippen MR) is 181 cm³/mol. The van der Waals surface area contributed by atoms with E-state index < -0.39 is 11.7 Å². The Labute approximate surface area is 276 Å². The highest BCUT2D eigenvalue weighted by Crippen LogP contribution is 2.67. The van der Waals surface area contributed by atoms with Crippen LogP contribution in [0.5, 0.6) is 0 Å². The van der Waals surface area contributed by atoms with Crippen LogP contribution in [0.2, 0.25) is 0 Å². The van der Waals surface area contributed by atoms with Crippen molar-refractivity contribution in [3.05, 3.63) is 83.4 Å². The number of esters is 2. The van der Waals surface area contributed by atoms with Crippen LogP contribution < -0.4 is 0 Å². The first-order chi connectivity index (χ1) is 21.9. The summed E-state index contributed by atoms with van der Waals surface area (Å²) in [7, 11) is 0. The minimum atomic E-state index is -0.503. The zero-order valence-electron chi connectivity index (χ0n) is 28.5. The second kappa shape index (κ2) is 12.9. The number of hydrogen-bond acceptors (Lipinski definition) is 5. The lowest BCUT2D eigenvalue weighted by atomic mass is 9.46. The average molecular weight is 627 g/mol. The minimum absolute atomic E-state index is 0.0628. The number of ether oxygens (including phenoxy) is 2. The Morgan fingerprint density at radius 2 is 1.54 bits per heavy atom. The molecule has 0 amide bonds. The molecule has 3 saturated carbocycles. The lowest BCUT2D eigenvalue weighted by molar-refractivity contribution is -0.0979. The number of carbonyl (C=O) groups excluding carboxylic acids is 2. The molecule has 0 saturated heterocycles. The van der Waals surface area contributed by atoms with Crippen molar-refractivity contribution < 1.29 is 24.2 Å². The van der Waals surface area contributed by atoms with Gasteiger partial charge >= 0.3 is 11.9 Å². The Balaban J connectivity index is 1.07. The highest BCUT2D eigenvalue weighted by atomic mass is 16.6. The zero-order valence-corrected chi connectivity index (χ0v) is 28.5. The monoisotopic (exact) mass is 626 g/mol. The number of benzene rings is 2. The van der Waals surface area contributed by atoms with E-state index in [1.54, 1.807) is 12.1 Å². The van der Waals surface area contributed by atoms with Crippen molar-refractivity contribution in [1.29, 1.82) is 0 Å². The second-order valence-electron chi connectivity index (χ2n) is 16.1. The molecule has 0 unspecified atom stereocenters. The van der Waals surface area contributed by atoms with E-state index in [1.165, 1.54) is 24.8 Å². The summed E-state index contributed by atoms with van der Waals surface area (Å²) in [6.45, 7) is 11.5. The van der Waals surface area contributed by atoms with Crippen molar-refractivity contribution in [3.63, 3.8) is 0 Å². The summed E-state index contributed by atoms with van der Waals surface area (Å²) in [6, 6.07) is 18.5. The van der Waals surface area contributed by atoms with E-state index in [4.69, 9.17) is 9.47 Å². The maximum Gasteiger partial charge on any atom is 0.338 e. The molecule has 2 aromatic rings. The molecule has 0 aliphatic heterocycles. The number of aliphatic hydroxyl groups is 1. The Bertz CT molecular complexity index is 1410. The van der Waals surface area contributed by atoms with Crippen molar-refractivity contribution in [2.75, 3.05) is 0 Å². The molecule has 0 radical (unpaired) electrons. The molecule has 6 rings (SSSR count). The molecule has 0 bridgehead atoms. The van der Waals surface area contributed by atoms with Crippen LogP contribution in [-0.2, 0) is 9.47 Å². The van der Waals surface area contributed by atoms with Crippen molar-refractivity contribution in [1.82, 2.24) is 0 Å².